The molecule has 108 valence electrons. The summed E-state index contributed by atoms with van der Waals surface area (Å²) in [6.45, 7) is 6.00. The lowest BCUT2D eigenvalue weighted by Gasteiger charge is -2.11. The van der Waals surface area contributed by atoms with Gasteiger partial charge in [0.05, 0.1) is 6.33 Å². The Labute approximate surface area is 115 Å². The number of anilines is 2. The first-order valence-electron chi connectivity index (χ1n) is 7.35. The van der Waals surface area contributed by atoms with Crippen LogP contribution in [0.25, 0.3) is 0 Å². The molecule has 1 aromatic heterocycles. The summed E-state index contributed by atoms with van der Waals surface area (Å²) >= 11 is 0. The van der Waals surface area contributed by atoms with Crippen molar-refractivity contribution in [3.05, 3.63) is 16.7 Å². The Kier molecular flexibility index (Phi) is 7.70. The van der Waals surface area contributed by atoms with E-state index < -0.39 is 0 Å². The summed E-state index contributed by atoms with van der Waals surface area (Å²) < 4.78 is 0. The molecule has 0 amide bonds. The molecule has 19 heavy (non-hydrogen) atoms. The predicted octanol–water partition coefficient (Wildman–Crippen LogP) is 2.97. The van der Waals surface area contributed by atoms with Gasteiger partial charge in [0.1, 0.15) is 5.69 Å². The fourth-order valence-electron chi connectivity index (χ4n) is 1.87. The Morgan fingerprint density at radius 2 is 1.68 bits per heavy atom. The van der Waals surface area contributed by atoms with Crippen LogP contribution in [0, 0.1) is 0 Å². The molecule has 3 N–H and O–H groups in total. The average molecular weight is 266 g/mol. The molecule has 0 aliphatic carbocycles. The number of H-pyrrole nitrogens is 1. The van der Waals surface area contributed by atoms with Gasteiger partial charge in [-0.15, -0.1) is 0 Å². The molecule has 0 aliphatic heterocycles. The molecule has 0 saturated heterocycles. The van der Waals surface area contributed by atoms with E-state index in [2.05, 4.69) is 34.4 Å². The van der Waals surface area contributed by atoms with Crippen LogP contribution in [0.2, 0.25) is 0 Å². The number of nitrogens with zero attached hydrogens (tertiary/aromatic N) is 1. The van der Waals surface area contributed by atoms with E-state index in [4.69, 9.17) is 0 Å². The number of unbranched alkanes of at least 4 members (excludes halogenated alkanes) is 4. The number of aromatic nitrogens is 2. The van der Waals surface area contributed by atoms with Crippen molar-refractivity contribution in [1.82, 2.24) is 9.97 Å². The van der Waals surface area contributed by atoms with Gasteiger partial charge in [-0.3, -0.25) is 4.79 Å². The smallest absolute Gasteiger partial charge is 0.276 e. The lowest BCUT2D eigenvalue weighted by atomic mass is 10.2. The van der Waals surface area contributed by atoms with E-state index in [1.807, 2.05) is 0 Å². The third-order valence-electron chi connectivity index (χ3n) is 3.01. The number of rotatable bonds is 10. The maximum Gasteiger partial charge on any atom is 0.276 e. The fourth-order valence-corrected chi connectivity index (χ4v) is 1.87. The van der Waals surface area contributed by atoms with E-state index in [9.17, 15) is 4.79 Å². The number of nitrogens with one attached hydrogen (secondary N) is 3. The van der Waals surface area contributed by atoms with Crippen LogP contribution >= 0.6 is 0 Å². The molecular weight excluding hydrogens is 240 g/mol. The van der Waals surface area contributed by atoms with Gasteiger partial charge in [-0.1, -0.05) is 39.5 Å². The van der Waals surface area contributed by atoms with Crippen LogP contribution in [0.5, 0.6) is 0 Å². The van der Waals surface area contributed by atoms with Gasteiger partial charge in [0.15, 0.2) is 5.82 Å². The lowest BCUT2D eigenvalue weighted by molar-refractivity contribution is 0.738. The Bertz CT molecular complexity index is 403. The minimum Gasteiger partial charge on any atom is -0.378 e. The van der Waals surface area contributed by atoms with Gasteiger partial charge in [0.25, 0.3) is 5.56 Å². The molecule has 5 nitrogen and oxygen atoms in total. The molecule has 1 rings (SSSR count). The third kappa shape index (κ3) is 5.77. The highest BCUT2D eigenvalue weighted by molar-refractivity contribution is 5.62. The monoisotopic (exact) mass is 266 g/mol. The highest BCUT2D eigenvalue weighted by atomic mass is 16.1. The SMILES string of the molecule is CCCCCNc1nc[nH]c(=O)c1NCCCCC. The molecule has 1 heterocycles. The van der Waals surface area contributed by atoms with Gasteiger partial charge >= 0.3 is 0 Å². The molecule has 0 aliphatic rings. The molecule has 0 radical (unpaired) electrons. The Morgan fingerprint density at radius 1 is 1.05 bits per heavy atom. The van der Waals surface area contributed by atoms with Crippen LogP contribution in [-0.4, -0.2) is 23.1 Å². The molecular formula is C14H26N4O. The maximum atomic E-state index is 11.8. The summed E-state index contributed by atoms with van der Waals surface area (Å²) in [6.07, 6.45) is 8.34. The highest BCUT2D eigenvalue weighted by Gasteiger charge is 2.07. The van der Waals surface area contributed by atoms with E-state index in [0.29, 0.717) is 11.5 Å². The first-order valence-corrected chi connectivity index (χ1v) is 7.35. The number of hydrogen-bond acceptors (Lipinski definition) is 4. The van der Waals surface area contributed by atoms with Gasteiger partial charge in [-0.25, -0.2) is 4.98 Å². The largest absolute Gasteiger partial charge is 0.378 e. The normalized spacial score (nSPS) is 10.4. The van der Waals surface area contributed by atoms with Crippen molar-refractivity contribution in [3.8, 4) is 0 Å². The van der Waals surface area contributed by atoms with Gasteiger partial charge in [-0.05, 0) is 12.8 Å². The molecule has 0 saturated carbocycles. The second-order valence-electron chi connectivity index (χ2n) is 4.72. The summed E-state index contributed by atoms with van der Waals surface area (Å²) in [5.74, 6) is 0.663. The average Bonchev–Trinajstić information content (AvgIpc) is 2.42. The van der Waals surface area contributed by atoms with Crippen molar-refractivity contribution in [2.45, 2.75) is 52.4 Å². The second kappa shape index (κ2) is 9.42. The van der Waals surface area contributed by atoms with Gasteiger partial charge in [-0.2, -0.15) is 0 Å². The lowest BCUT2D eigenvalue weighted by Crippen LogP contribution is -2.19. The fraction of sp³-hybridized carbons (Fsp3) is 0.714. The third-order valence-corrected chi connectivity index (χ3v) is 3.01. The second-order valence-corrected chi connectivity index (χ2v) is 4.72. The number of hydrogen-bond donors (Lipinski definition) is 3. The van der Waals surface area contributed by atoms with Gasteiger partial charge in [0.2, 0.25) is 0 Å². The van der Waals surface area contributed by atoms with Crippen LogP contribution in [0.1, 0.15) is 52.4 Å². The first-order chi connectivity index (χ1) is 9.29. The zero-order chi connectivity index (χ0) is 13.9. The van der Waals surface area contributed by atoms with Crippen molar-refractivity contribution in [2.24, 2.45) is 0 Å². The zero-order valence-corrected chi connectivity index (χ0v) is 12.1. The van der Waals surface area contributed by atoms with Crippen molar-refractivity contribution in [1.29, 1.82) is 0 Å². The van der Waals surface area contributed by atoms with E-state index in [1.165, 1.54) is 32.0 Å². The Balaban J connectivity index is 2.53. The minimum atomic E-state index is -0.107. The summed E-state index contributed by atoms with van der Waals surface area (Å²) in [5, 5.41) is 6.42. The highest BCUT2D eigenvalue weighted by Crippen LogP contribution is 2.12. The maximum absolute atomic E-state index is 11.8. The molecule has 1 aromatic rings. The molecule has 0 bridgehead atoms. The standard InChI is InChI=1S/C14H26N4O/c1-3-5-7-9-15-12-13(16-10-8-6-4-2)17-11-18-14(12)19/h11,15H,3-10H2,1-2H3,(H2,16,17,18,19). The van der Waals surface area contributed by atoms with E-state index in [1.54, 1.807) is 0 Å². The minimum absolute atomic E-state index is 0.107. The van der Waals surface area contributed by atoms with Crippen molar-refractivity contribution in [2.75, 3.05) is 23.7 Å². The van der Waals surface area contributed by atoms with Crippen molar-refractivity contribution < 1.29 is 0 Å². The summed E-state index contributed by atoms with van der Waals surface area (Å²) in [4.78, 5) is 18.6. The van der Waals surface area contributed by atoms with Crippen LogP contribution in [0.4, 0.5) is 11.5 Å². The predicted molar refractivity (Wildman–Crippen MR) is 80.9 cm³/mol. The van der Waals surface area contributed by atoms with Gasteiger partial charge in [0, 0.05) is 13.1 Å². The molecule has 0 fully saturated rings. The van der Waals surface area contributed by atoms with E-state index >= 15 is 0 Å². The van der Waals surface area contributed by atoms with Crippen LogP contribution in [-0.2, 0) is 0 Å². The van der Waals surface area contributed by atoms with Gasteiger partial charge < -0.3 is 15.6 Å². The molecule has 0 atom stereocenters. The molecule has 0 spiro atoms. The van der Waals surface area contributed by atoms with E-state index in [0.717, 1.165) is 25.9 Å². The Hall–Kier alpha value is -1.52. The Morgan fingerprint density at radius 3 is 2.32 bits per heavy atom. The molecule has 5 heteroatoms. The van der Waals surface area contributed by atoms with Crippen LogP contribution in [0.3, 0.4) is 0 Å². The van der Waals surface area contributed by atoms with Crippen LogP contribution < -0.4 is 16.2 Å². The number of aromatic amines is 1. The topological polar surface area (TPSA) is 69.8 Å². The summed E-state index contributed by atoms with van der Waals surface area (Å²) in [7, 11) is 0. The van der Waals surface area contributed by atoms with E-state index in [-0.39, 0.29) is 5.56 Å². The first kappa shape index (κ1) is 15.5. The van der Waals surface area contributed by atoms with Crippen molar-refractivity contribution >= 4 is 11.5 Å². The molecule has 0 aromatic carbocycles. The summed E-state index contributed by atoms with van der Waals surface area (Å²) in [5.41, 5.74) is 0.458. The molecule has 0 unspecified atom stereocenters. The zero-order valence-electron chi connectivity index (χ0n) is 12.1. The quantitative estimate of drug-likeness (QED) is 0.569. The summed E-state index contributed by atoms with van der Waals surface area (Å²) in [6, 6.07) is 0. The van der Waals surface area contributed by atoms with Crippen molar-refractivity contribution in [3.63, 3.8) is 0 Å². The van der Waals surface area contributed by atoms with Crippen LogP contribution in [0.15, 0.2) is 11.1 Å².